The van der Waals surface area contributed by atoms with Gasteiger partial charge in [0.25, 0.3) is 5.28 Å². The quantitative estimate of drug-likeness (QED) is 0.0779. The zero-order valence-electron chi connectivity index (χ0n) is 21.1. The van der Waals surface area contributed by atoms with E-state index in [0.717, 1.165) is 19.3 Å². The number of allylic oxidation sites excluding steroid dienone is 2. The molecule has 3 nitrogen and oxygen atoms in total. The van der Waals surface area contributed by atoms with Gasteiger partial charge in [-0.15, -0.1) is 0 Å². The molecule has 30 heavy (non-hydrogen) atoms. The topological polar surface area (TPSA) is 40.1 Å². The van der Waals surface area contributed by atoms with Crippen LogP contribution in [0.1, 0.15) is 129 Å². The highest BCUT2D eigenvalue weighted by atomic mass is 31.1. The van der Waals surface area contributed by atoms with E-state index in [-0.39, 0.29) is 0 Å². The number of rotatable bonds is 21. The van der Waals surface area contributed by atoms with Crippen molar-refractivity contribution in [1.29, 1.82) is 0 Å². The van der Waals surface area contributed by atoms with Crippen LogP contribution in [0.15, 0.2) is 12.2 Å². The van der Waals surface area contributed by atoms with Crippen molar-refractivity contribution >= 4 is 8.03 Å². The highest BCUT2D eigenvalue weighted by molar-refractivity contribution is 7.38. The van der Waals surface area contributed by atoms with Crippen molar-refractivity contribution < 1.29 is 13.9 Å². The van der Waals surface area contributed by atoms with Gasteiger partial charge >= 0.3 is 8.03 Å². The third kappa shape index (κ3) is 13.2. The predicted molar refractivity (Wildman–Crippen MR) is 132 cm³/mol. The molecule has 0 amide bonds. The molecule has 0 saturated carbocycles. The van der Waals surface area contributed by atoms with Crippen molar-refractivity contribution in [3.8, 4) is 0 Å². The summed E-state index contributed by atoms with van der Waals surface area (Å²) in [4.78, 5) is 11.9. The van der Waals surface area contributed by atoms with E-state index in [9.17, 15) is 9.46 Å². The van der Waals surface area contributed by atoms with Gasteiger partial charge < -0.3 is 4.89 Å². The summed E-state index contributed by atoms with van der Waals surface area (Å²) in [6, 6.07) is 0. The van der Waals surface area contributed by atoms with Crippen LogP contribution in [-0.4, -0.2) is 30.9 Å². The molecule has 0 aliphatic rings. The molecule has 0 spiro atoms. The Morgan fingerprint density at radius 1 is 0.700 bits per heavy atom. The van der Waals surface area contributed by atoms with Crippen molar-refractivity contribution in [2.24, 2.45) is 0 Å². The molecule has 2 unspecified atom stereocenters. The minimum atomic E-state index is -2.41. The molecule has 2 atom stereocenters. The van der Waals surface area contributed by atoms with Crippen LogP contribution in [-0.2, 0) is 4.57 Å². The van der Waals surface area contributed by atoms with Gasteiger partial charge in [-0.05, 0) is 32.1 Å². The van der Waals surface area contributed by atoms with E-state index in [1.165, 1.54) is 89.9 Å². The van der Waals surface area contributed by atoms with Crippen LogP contribution >= 0.6 is 8.03 Å². The van der Waals surface area contributed by atoms with Crippen molar-refractivity contribution in [3.63, 3.8) is 0 Å². The molecule has 0 aliphatic carbocycles. The van der Waals surface area contributed by atoms with Gasteiger partial charge in [0, 0.05) is 12.8 Å². The van der Waals surface area contributed by atoms with Crippen molar-refractivity contribution in [2.75, 3.05) is 21.1 Å². The molecule has 4 heteroatoms. The Morgan fingerprint density at radius 3 is 1.47 bits per heavy atom. The molecule has 0 radical (unpaired) electrons. The maximum atomic E-state index is 11.9. The second kappa shape index (κ2) is 18.3. The lowest BCUT2D eigenvalue weighted by atomic mass is 10.0. The maximum absolute atomic E-state index is 11.9. The van der Waals surface area contributed by atoms with Gasteiger partial charge in [0.1, 0.15) is 0 Å². The van der Waals surface area contributed by atoms with Gasteiger partial charge in [-0.25, -0.2) is 0 Å². The first-order valence-corrected chi connectivity index (χ1v) is 14.1. The molecule has 178 valence electrons. The van der Waals surface area contributed by atoms with E-state index < -0.39 is 13.3 Å². The molecule has 0 aliphatic heterocycles. The summed E-state index contributed by atoms with van der Waals surface area (Å²) in [5.74, 6) is 0. The fraction of sp³-hybridized carbons (Fsp3) is 0.923. The zero-order valence-corrected chi connectivity index (χ0v) is 22.0. The number of quaternary nitrogens is 1. The highest BCUT2D eigenvalue weighted by Crippen LogP contribution is 2.44. The molecule has 0 fully saturated rings. The van der Waals surface area contributed by atoms with Gasteiger partial charge in [0.15, 0.2) is 0 Å². The molecule has 0 aromatic heterocycles. The van der Waals surface area contributed by atoms with Crippen LogP contribution in [0, 0.1) is 0 Å². The second-order valence-corrected chi connectivity index (χ2v) is 11.3. The van der Waals surface area contributed by atoms with Gasteiger partial charge in [-0.3, -0.25) is 4.48 Å². The van der Waals surface area contributed by atoms with Crippen LogP contribution in [0.25, 0.3) is 0 Å². The molecule has 0 heterocycles. The smallest absolute Gasteiger partial charge is 0.376 e. The lowest BCUT2D eigenvalue weighted by molar-refractivity contribution is -0.910. The van der Waals surface area contributed by atoms with Crippen molar-refractivity contribution in [1.82, 2.24) is 0 Å². The Labute approximate surface area is 190 Å². The van der Waals surface area contributed by atoms with Gasteiger partial charge in [-0.2, -0.15) is 0 Å². The van der Waals surface area contributed by atoms with Gasteiger partial charge in [-0.1, -0.05) is 101 Å². The predicted octanol–water partition coefficient (Wildman–Crippen LogP) is 8.11. The van der Waals surface area contributed by atoms with Crippen LogP contribution in [0.4, 0.5) is 0 Å². The summed E-state index contributed by atoms with van der Waals surface area (Å²) in [6.45, 7) is 4.28. The van der Waals surface area contributed by atoms with Crippen LogP contribution < -0.4 is 4.89 Å². The van der Waals surface area contributed by atoms with E-state index in [2.05, 4.69) is 19.1 Å². The number of hydrogen-bond acceptors (Lipinski definition) is 2. The normalized spacial score (nSPS) is 14.9. The SMILES string of the molecule is CCCCCC/C=C\CCCCCCCCCCCCC(CC)([P+](=O)[O-])[N+](C)(C)C. The largest absolute Gasteiger partial charge is 0.590 e. The lowest BCUT2D eigenvalue weighted by Crippen LogP contribution is -2.55. The van der Waals surface area contributed by atoms with E-state index in [0.29, 0.717) is 10.9 Å². The number of nitrogens with zero attached hydrogens (tertiary/aromatic N) is 1. The molecule has 0 aromatic carbocycles. The van der Waals surface area contributed by atoms with Crippen LogP contribution in [0.5, 0.6) is 0 Å². The zero-order chi connectivity index (χ0) is 22.7. The molecular formula is C26H53NO2P+. The van der Waals surface area contributed by atoms with E-state index in [1.807, 2.05) is 28.1 Å². The van der Waals surface area contributed by atoms with E-state index in [1.54, 1.807) is 0 Å². The first-order valence-electron chi connectivity index (χ1n) is 12.9. The summed E-state index contributed by atoms with van der Waals surface area (Å²) >= 11 is 0. The van der Waals surface area contributed by atoms with Gasteiger partial charge in [0.05, 0.1) is 21.1 Å². The summed E-state index contributed by atoms with van der Waals surface area (Å²) in [5.41, 5.74) is 0. The highest BCUT2D eigenvalue weighted by Gasteiger charge is 2.52. The monoisotopic (exact) mass is 442 g/mol. The average molecular weight is 443 g/mol. The van der Waals surface area contributed by atoms with Crippen LogP contribution in [0.2, 0.25) is 0 Å². The van der Waals surface area contributed by atoms with Crippen molar-refractivity contribution in [3.05, 3.63) is 12.2 Å². The summed E-state index contributed by atoms with van der Waals surface area (Å²) < 4.78 is 12.4. The van der Waals surface area contributed by atoms with E-state index in [4.69, 9.17) is 0 Å². The lowest BCUT2D eigenvalue weighted by Gasteiger charge is -2.39. The molecule has 0 rings (SSSR count). The molecule has 0 aromatic rings. The fourth-order valence-electron chi connectivity index (χ4n) is 4.46. The first-order chi connectivity index (χ1) is 14.3. The third-order valence-electron chi connectivity index (χ3n) is 6.74. The first kappa shape index (κ1) is 29.8. The number of unbranched alkanes of at least 4 members (excludes halogenated alkanes) is 14. The molecule has 0 N–H and O–H groups in total. The summed E-state index contributed by atoms with van der Waals surface area (Å²) in [7, 11) is 3.63. The minimum absolute atomic E-state index is 0.511. The molecular weight excluding hydrogens is 389 g/mol. The molecule has 0 saturated heterocycles. The molecule has 0 bridgehead atoms. The third-order valence-corrected chi connectivity index (χ3v) is 8.56. The van der Waals surface area contributed by atoms with Crippen molar-refractivity contribution in [2.45, 2.75) is 135 Å². The Morgan fingerprint density at radius 2 is 1.10 bits per heavy atom. The Balaban J connectivity index is 3.56. The van der Waals surface area contributed by atoms with E-state index >= 15 is 0 Å². The summed E-state index contributed by atoms with van der Waals surface area (Å²) in [5, 5.41) is -0.598. The second-order valence-electron chi connectivity index (χ2n) is 10.0. The standard InChI is InChI=1S/C26H53NO2P/c1-6-8-9-10-11-12-13-14-15-16-17-18-19-20-21-22-23-24-25-26(7-2,30(28)29)27(3,4)5/h12-13H,6-11,14-25H2,1-5H3/q+1/b13-12-. The Bertz CT molecular complexity index is 445. The Hall–Kier alpha value is -0.240. The minimum Gasteiger partial charge on any atom is -0.590 e. The van der Waals surface area contributed by atoms with Gasteiger partial charge in [0.2, 0.25) is 0 Å². The maximum Gasteiger partial charge on any atom is 0.376 e. The number of hydrogen-bond donors (Lipinski definition) is 0. The summed E-state index contributed by atoms with van der Waals surface area (Å²) in [6.07, 6.45) is 27.1. The Kier molecular flexibility index (Phi) is 18.2. The fourth-order valence-corrected chi connectivity index (χ4v) is 5.55. The van der Waals surface area contributed by atoms with Crippen LogP contribution in [0.3, 0.4) is 0 Å². The average Bonchev–Trinajstić information content (AvgIpc) is 2.68.